The van der Waals surface area contributed by atoms with Gasteiger partial charge in [-0.25, -0.2) is 4.98 Å². The van der Waals surface area contributed by atoms with E-state index < -0.39 is 0 Å². The highest BCUT2D eigenvalue weighted by Crippen LogP contribution is 2.24. The van der Waals surface area contributed by atoms with Crippen LogP contribution in [-0.4, -0.2) is 9.55 Å². The van der Waals surface area contributed by atoms with Crippen molar-refractivity contribution in [3.8, 4) is 5.82 Å². The van der Waals surface area contributed by atoms with Gasteiger partial charge < -0.3 is 9.88 Å². The molecule has 1 aliphatic rings. The largest absolute Gasteiger partial charge is 0.376 e. The first-order chi connectivity index (χ1) is 6.45. The summed E-state index contributed by atoms with van der Waals surface area (Å²) in [6.45, 7) is 0.881. The zero-order chi connectivity index (χ0) is 8.67. The number of nitrogens with zero attached hydrogens (tertiary/aromatic N) is 2. The van der Waals surface area contributed by atoms with Gasteiger partial charge in [0.15, 0.2) is 5.82 Å². The molecule has 0 radical (unpaired) electrons. The number of rotatable bonds is 0. The van der Waals surface area contributed by atoms with Gasteiger partial charge in [0.05, 0.1) is 12.2 Å². The van der Waals surface area contributed by atoms with Crippen molar-refractivity contribution in [1.29, 1.82) is 0 Å². The maximum absolute atomic E-state index is 4.33. The van der Waals surface area contributed by atoms with Crippen LogP contribution < -0.4 is 5.32 Å². The van der Waals surface area contributed by atoms with E-state index in [1.165, 1.54) is 5.69 Å². The molecule has 3 nitrogen and oxygen atoms in total. The number of fused-ring (bicyclic) bond motifs is 3. The summed E-state index contributed by atoms with van der Waals surface area (Å²) in [7, 11) is 0. The van der Waals surface area contributed by atoms with Gasteiger partial charge in [-0.15, -0.1) is 0 Å². The zero-order valence-corrected chi connectivity index (χ0v) is 7.07. The summed E-state index contributed by atoms with van der Waals surface area (Å²) in [5.74, 6) is 0.994. The number of nitrogens with one attached hydrogen (secondary N) is 1. The van der Waals surface area contributed by atoms with Crippen LogP contribution in [0.15, 0.2) is 36.7 Å². The van der Waals surface area contributed by atoms with Crippen LogP contribution in [0.3, 0.4) is 0 Å². The van der Waals surface area contributed by atoms with Crippen LogP contribution in [0.5, 0.6) is 0 Å². The molecular weight excluding hydrogens is 162 g/mol. The van der Waals surface area contributed by atoms with E-state index in [0.29, 0.717) is 0 Å². The Hall–Kier alpha value is -1.77. The van der Waals surface area contributed by atoms with Gasteiger partial charge >= 0.3 is 0 Å². The molecule has 0 aromatic carbocycles. The zero-order valence-electron chi connectivity index (χ0n) is 7.07. The van der Waals surface area contributed by atoms with Crippen molar-refractivity contribution >= 4 is 5.69 Å². The van der Waals surface area contributed by atoms with E-state index in [4.69, 9.17) is 0 Å². The average Bonchev–Trinajstić information content (AvgIpc) is 2.65. The smallest absolute Gasteiger partial charge is 0.160 e. The quantitative estimate of drug-likeness (QED) is 0.655. The highest BCUT2D eigenvalue weighted by Gasteiger charge is 2.13. The molecule has 0 bridgehead atoms. The molecule has 1 N–H and O–H groups in total. The number of hydrogen-bond donors (Lipinski definition) is 1. The van der Waals surface area contributed by atoms with E-state index in [1.54, 1.807) is 0 Å². The molecule has 3 rings (SSSR count). The number of aromatic nitrogens is 2. The molecule has 0 saturated heterocycles. The third-order valence-corrected chi connectivity index (χ3v) is 2.31. The predicted octanol–water partition coefficient (Wildman–Crippen LogP) is 1.80. The Labute approximate surface area is 76.0 Å². The van der Waals surface area contributed by atoms with Gasteiger partial charge in [0.25, 0.3) is 0 Å². The van der Waals surface area contributed by atoms with Crippen LogP contribution in [0, 0.1) is 0 Å². The number of anilines is 1. The Balaban J connectivity index is 2.30. The van der Waals surface area contributed by atoms with E-state index in [0.717, 1.165) is 18.1 Å². The topological polar surface area (TPSA) is 29.9 Å². The summed E-state index contributed by atoms with van der Waals surface area (Å²) in [5.41, 5.74) is 2.36. The molecular formula is C10H9N3. The molecule has 2 aromatic rings. The van der Waals surface area contributed by atoms with Crippen LogP contribution in [0.25, 0.3) is 5.82 Å². The molecule has 13 heavy (non-hydrogen) atoms. The molecule has 0 atom stereocenters. The van der Waals surface area contributed by atoms with Crippen molar-refractivity contribution in [3.05, 3.63) is 42.4 Å². The van der Waals surface area contributed by atoms with Crippen molar-refractivity contribution in [3.63, 3.8) is 0 Å². The Morgan fingerprint density at radius 3 is 3.31 bits per heavy atom. The summed E-state index contributed by atoms with van der Waals surface area (Å²) in [6, 6.07) is 8.14. The minimum atomic E-state index is 0.881. The summed E-state index contributed by atoms with van der Waals surface area (Å²) in [5, 5.41) is 3.32. The fourth-order valence-corrected chi connectivity index (χ4v) is 1.68. The van der Waals surface area contributed by atoms with Gasteiger partial charge in [0, 0.05) is 18.1 Å². The van der Waals surface area contributed by atoms with E-state index in [-0.39, 0.29) is 0 Å². The molecule has 0 fully saturated rings. The molecule has 64 valence electrons. The van der Waals surface area contributed by atoms with Gasteiger partial charge in [-0.1, -0.05) is 0 Å². The second-order valence-corrected chi connectivity index (χ2v) is 3.10. The second kappa shape index (κ2) is 2.36. The van der Waals surface area contributed by atoms with E-state index in [9.17, 15) is 0 Å². The lowest BCUT2D eigenvalue weighted by atomic mass is 10.3. The molecule has 0 aliphatic carbocycles. The second-order valence-electron chi connectivity index (χ2n) is 3.10. The first-order valence-corrected chi connectivity index (χ1v) is 4.31. The molecule has 3 heterocycles. The van der Waals surface area contributed by atoms with Crippen LogP contribution in [0.1, 0.15) is 5.69 Å². The van der Waals surface area contributed by atoms with Crippen molar-refractivity contribution in [2.75, 3.05) is 5.32 Å². The molecule has 3 heteroatoms. The Morgan fingerprint density at radius 2 is 2.31 bits per heavy atom. The monoisotopic (exact) mass is 171 g/mol. The Bertz CT molecular complexity index is 445. The van der Waals surface area contributed by atoms with Gasteiger partial charge in [-0.2, -0.15) is 0 Å². The lowest BCUT2D eigenvalue weighted by Crippen LogP contribution is -2.15. The SMILES string of the molecule is c1cnc2c(c1)NCc1cccn1-2. The van der Waals surface area contributed by atoms with Gasteiger partial charge in [-0.05, 0) is 24.3 Å². The summed E-state index contributed by atoms with van der Waals surface area (Å²) in [6.07, 6.45) is 3.86. The van der Waals surface area contributed by atoms with Crippen molar-refractivity contribution in [1.82, 2.24) is 9.55 Å². The lowest BCUT2D eigenvalue weighted by Gasteiger charge is -2.19. The number of hydrogen-bond acceptors (Lipinski definition) is 2. The van der Waals surface area contributed by atoms with Crippen molar-refractivity contribution < 1.29 is 0 Å². The van der Waals surface area contributed by atoms with Crippen LogP contribution >= 0.6 is 0 Å². The average molecular weight is 171 g/mol. The van der Waals surface area contributed by atoms with E-state index >= 15 is 0 Å². The highest BCUT2D eigenvalue weighted by molar-refractivity contribution is 5.59. The van der Waals surface area contributed by atoms with Crippen LogP contribution in [0.4, 0.5) is 5.69 Å². The Kier molecular flexibility index (Phi) is 1.22. The molecule has 0 saturated carbocycles. The minimum absolute atomic E-state index is 0.881. The lowest BCUT2D eigenvalue weighted by molar-refractivity contribution is 0.875. The normalized spacial score (nSPS) is 12.9. The third kappa shape index (κ3) is 0.869. The van der Waals surface area contributed by atoms with E-state index in [1.807, 2.05) is 30.6 Å². The fraction of sp³-hybridized carbons (Fsp3) is 0.100. The first-order valence-electron chi connectivity index (χ1n) is 4.31. The van der Waals surface area contributed by atoms with Gasteiger partial charge in [0.2, 0.25) is 0 Å². The predicted molar refractivity (Wildman–Crippen MR) is 50.9 cm³/mol. The maximum Gasteiger partial charge on any atom is 0.160 e. The molecule has 2 aromatic heterocycles. The Morgan fingerprint density at radius 1 is 1.31 bits per heavy atom. The minimum Gasteiger partial charge on any atom is -0.376 e. The standard InChI is InChI=1S/C10H9N3/c1-4-9-10(11-5-1)13-6-2-3-8(13)7-12-9/h1-6,12H,7H2. The summed E-state index contributed by atoms with van der Waals surface area (Å²) >= 11 is 0. The van der Waals surface area contributed by atoms with Crippen molar-refractivity contribution in [2.45, 2.75) is 6.54 Å². The molecule has 1 aliphatic heterocycles. The van der Waals surface area contributed by atoms with Gasteiger partial charge in [0.1, 0.15) is 0 Å². The summed E-state index contributed by atoms with van der Waals surface area (Å²) in [4.78, 5) is 4.33. The molecule has 0 unspecified atom stereocenters. The molecule has 0 amide bonds. The summed E-state index contributed by atoms with van der Waals surface area (Å²) < 4.78 is 2.12. The maximum atomic E-state index is 4.33. The van der Waals surface area contributed by atoms with Crippen LogP contribution in [0.2, 0.25) is 0 Å². The fourth-order valence-electron chi connectivity index (χ4n) is 1.68. The highest BCUT2D eigenvalue weighted by atomic mass is 15.1. The van der Waals surface area contributed by atoms with E-state index in [2.05, 4.69) is 20.9 Å². The van der Waals surface area contributed by atoms with Crippen LogP contribution in [-0.2, 0) is 6.54 Å². The first kappa shape index (κ1) is 6.71. The third-order valence-electron chi connectivity index (χ3n) is 2.31. The van der Waals surface area contributed by atoms with Crippen molar-refractivity contribution in [2.24, 2.45) is 0 Å². The number of pyridine rings is 1. The van der Waals surface area contributed by atoms with Gasteiger partial charge in [-0.3, -0.25) is 0 Å². The molecule has 0 spiro atoms.